The van der Waals surface area contributed by atoms with Crippen LogP contribution in [0.1, 0.15) is 40.8 Å². The van der Waals surface area contributed by atoms with Gasteiger partial charge in [-0.1, -0.05) is 29.8 Å². The molecule has 4 heteroatoms. The Morgan fingerprint density at radius 2 is 1.91 bits per heavy atom. The van der Waals surface area contributed by atoms with Gasteiger partial charge in [-0.2, -0.15) is 0 Å². The lowest BCUT2D eigenvalue weighted by atomic mass is 9.94. The number of rotatable bonds is 4. The van der Waals surface area contributed by atoms with Crippen LogP contribution in [0.25, 0.3) is 0 Å². The zero-order chi connectivity index (χ0) is 16.2. The molecule has 23 heavy (non-hydrogen) atoms. The molecule has 2 N–H and O–H groups in total. The van der Waals surface area contributed by atoms with Crippen molar-refractivity contribution in [3.8, 4) is 0 Å². The van der Waals surface area contributed by atoms with Gasteiger partial charge in [0.15, 0.2) is 5.43 Å². The fraction of sp³-hybridized carbons (Fsp3) is 0.368. The zero-order valence-electron chi connectivity index (χ0n) is 13.4. The van der Waals surface area contributed by atoms with E-state index in [1.807, 2.05) is 31.2 Å². The zero-order valence-corrected chi connectivity index (χ0v) is 13.4. The van der Waals surface area contributed by atoms with Crippen molar-refractivity contribution in [2.75, 3.05) is 0 Å². The molecule has 0 saturated heterocycles. The Balaban J connectivity index is 1.64. The van der Waals surface area contributed by atoms with E-state index in [0.717, 1.165) is 42.5 Å². The molecule has 120 valence electrons. The standard InChI is InChI=1S/C19H22N2O2/c1-13-6-8-14(9-7-13)11-21-18(22)10-15-12-20-17-5-3-2-4-16(17)19(15)23/h6-9,12H,2-5,10-11H2,1H3,(H,20,23)(H,21,22). The summed E-state index contributed by atoms with van der Waals surface area (Å²) in [4.78, 5) is 27.8. The highest BCUT2D eigenvalue weighted by molar-refractivity contribution is 5.78. The minimum Gasteiger partial charge on any atom is -0.364 e. The van der Waals surface area contributed by atoms with Crippen molar-refractivity contribution >= 4 is 5.91 Å². The van der Waals surface area contributed by atoms with Gasteiger partial charge in [0.05, 0.1) is 6.42 Å². The van der Waals surface area contributed by atoms with E-state index in [2.05, 4.69) is 10.3 Å². The number of carbonyl (C=O) groups excluding carboxylic acids is 1. The molecule has 0 spiro atoms. The Hall–Kier alpha value is -2.36. The third kappa shape index (κ3) is 3.70. The second kappa shape index (κ2) is 6.82. The first-order valence-electron chi connectivity index (χ1n) is 8.18. The molecule has 0 unspecified atom stereocenters. The Kier molecular flexibility index (Phi) is 4.60. The summed E-state index contributed by atoms with van der Waals surface area (Å²) in [5.74, 6) is -0.119. The van der Waals surface area contributed by atoms with Gasteiger partial charge in [0.1, 0.15) is 0 Å². The van der Waals surface area contributed by atoms with Gasteiger partial charge >= 0.3 is 0 Å². The van der Waals surface area contributed by atoms with E-state index < -0.39 is 0 Å². The Bertz CT molecular complexity index is 760. The molecule has 1 aliphatic rings. The lowest BCUT2D eigenvalue weighted by Crippen LogP contribution is -2.29. The number of benzene rings is 1. The van der Waals surface area contributed by atoms with E-state index in [0.29, 0.717) is 12.1 Å². The molecule has 3 rings (SSSR count). The molecule has 0 atom stereocenters. The molecule has 0 saturated carbocycles. The second-order valence-corrected chi connectivity index (χ2v) is 6.25. The lowest BCUT2D eigenvalue weighted by molar-refractivity contribution is -0.120. The van der Waals surface area contributed by atoms with Crippen LogP contribution in [0.5, 0.6) is 0 Å². The largest absolute Gasteiger partial charge is 0.364 e. The SMILES string of the molecule is Cc1ccc(CNC(=O)Cc2c[nH]c3c(c2=O)CCCC3)cc1. The van der Waals surface area contributed by atoms with Gasteiger partial charge in [-0.15, -0.1) is 0 Å². The lowest BCUT2D eigenvalue weighted by Gasteiger charge is -2.15. The molecule has 1 aromatic carbocycles. The van der Waals surface area contributed by atoms with E-state index in [1.54, 1.807) is 6.20 Å². The van der Waals surface area contributed by atoms with Gasteiger partial charge in [0, 0.05) is 29.6 Å². The van der Waals surface area contributed by atoms with E-state index in [9.17, 15) is 9.59 Å². The number of carbonyl (C=O) groups is 1. The van der Waals surface area contributed by atoms with Crippen molar-refractivity contribution in [1.82, 2.24) is 10.3 Å². The summed E-state index contributed by atoms with van der Waals surface area (Å²) in [6.07, 6.45) is 5.78. The monoisotopic (exact) mass is 310 g/mol. The van der Waals surface area contributed by atoms with Crippen LogP contribution < -0.4 is 10.7 Å². The molecule has 0 aliphatic heterocycles. The van der Waals surface area contributed by atoms with Crippen LogP contribution >= 0.6 is 0 Å². The third-order valence-corrected chi connectivity index (χ3v) is 4.42. The minimum absolute atomic E-state index is 0.0453. The molecule has 1 heterocycles. The summed E-state index contributed by atoms with van der Waals surface area (Å²) < 4.78 is 0. The summed E-state index contributed by atoms with van der Waals surface area (Å²) in [5.41, 5.74) is 4.78. The molecular weight excluding hydrogens is 288 g/mol. The van der Waals surface area contributed by atoms with Crippen LogP contribution in [-0.2, 0) is 30.6 Å². The molecule has 4 nitrogen and oxygen atoms in total. The third-order valence-electron chi connectivity index (χ3n) is 4.42. The molecule has 0 bridgehead atoms. The first kappa shape index (κ1) is 15.5. The van der Waals surface area contributed by atoms with Crippen LogP contribution in [-0.4, -0.2) is 10.9 Å². The maximum absolute atomic E-state index is 12.5. The molecule has 1 aliphatic carbocycles. The van der Waals surface area contributed by atoms with E-state index in [4.69, 9.17) is 0 Å². The van der Waals surface area contributed by atoms with Gasteiger partial charge in [0.2, 0.25) is 5.91 Å². The number of aromatic nitrogens is 1. The average Bonchev–Trinajstić information content (AvgIpc) is 2.57. The van der Waals surface area contributed by atoms with Crippen molar-refractivity contribution in [2.24, 2.45) is 0 Å². The number of hydrogen-bond donors (Lipinski definition) is 2. The van der Waals surface area contributed by atoms with Crippen molar-refractivity contribution in [3.05, 3.63) is 68.6 Å². The van der Waals surface area contributed by atoms with E-state index in [1.165, 1.54) is 5.56 Å². The molecule has 0 radical (unpaired) electrons. The van der Waals surface area contributed by atoms with Crippen molar-refractivity contribution in [2.45, 2.75) is 45.6 Å². The average molecular weight is 310 g/mol. The van der Waals surface area contributed by atoms with Crippen LogP contribution in [0.15, 0.2) is 35.3 Å². The number of amides is 1. The predicted octanol–water partition coefficient (Wildman–Crippen LogP) is 2.42. The van der Waals surface area contributed by atoms with Crippen LogP contribution in [0.4, 0.5) is 0 Å². The Morgan fingerprint density at radius 1 is 1.17 bits per heavy atom. The Labute approximate surface area is 135 Å². The summed E-state index contributed by atoms with van der Waals surface area (Å²) in [5, 5.41) is 2.88. The van der Waals surface area contributed by atoms with Gasteiger partial charge in [-0.05, 0) is 38.2 Å². The first-order valence-corrected chi connectivity index (χ1v) is 8.18. The maximum Gasteiger partial charge on any atom is 0.224 e. The molecule has 1 amide bonds. The predicted molar refractivity (Wildman–Crippen MR) is 90.4 cm³/mol. The smallest absolute Gasteiger partial charge is 0.224 e. The van der Waals surface area contributed by atoms with E-state index in [-0.39, 0.29) is 17.8 Å². The quantitative estimate of drug-likeness (QED) is 0.911. The topological polar surface area (TPSA) is 62.0 Å². The van der Waals surface area contributed by atoms with Crippen LogP contribution in [0, 0.1) is 6.92 Å². The summed E-state index contributed by atoms with van der Waals surface area (Å²) in [6, 6.07) is 8.05. The van der Waals surface area contributed by atoms with Gasteiger partial charge < -0.3 is 10.3 Å². The van der Waals surface area contributed by atoms with Crippen molar-refractivity contribution in [1.29, 1.82) is 0 Å². The second-order valence-electron chi connectivity index (χ2n) is 6.25. The number of fused-ring (bicyclic) bond motifs is 1. The van der Waals surface area contributed by atoms with Crippen LogP contribution in [0.3, 0.4) is 0 Å². The summed E-state index contributed by atoms with van der Waals surface area (Å²) >= 11 is 0. The molecule has 1 aromatic heterocycles. The first-order chi connectivity index (χ1) is 11.1. The number of aryl methyl sites for hydroxylation is 2. The Morgan fingerprint density at radius 3 is 2.70 bits per heavy atom. The number of H-pyrrole nitrogens is 1. The van der Waals surface area contributed by atoms with Gasteiger partial charge in [-0.3, -0.25) is 9.59 Å². The summed E-state index contributed by atoms with van der Waals surface area (Å²) in [6.45, 7) is 2.52. The fourth-order valence-electron chi connectivity index (χ4n) is 3.02. The molecule has 0 fully saturated rings. The van der Waals surface area contributed by atoms with E-state index >= 15 is 0 Å². The number of pyridine rings is 1. The number of nitrogens with one attached hydrogen (secondary N) is 2. The van der Waals surface area contributed by atoms with Gasteiger partial charge in [-0.25, -0.2) is 0 Å². The molecular formula is C19H22N2O2. The highest BCUT2D eigenvalue weighted by atomic mass is 16.1. The summed E-state index contributed by atoms with van der Waals surface area (Å²) in [7, 11) is 0. The van der Waals surface area contributed by atoms with Crippen molar-refractivity contribution in [3.63, 3.8) is 0 Å². The number of aromatic amines is 1. The van der Waals surface area contributed by atoms with Gasteiger partial charge in [0.25, 0.3) is 0 Å². The van der Waals surface area contributed by atoms with Crippen LogP contribution in [0.2, 0.25) is 0 Å². The highest BCUT2D eigenvalue weighted by Gasteiger charge is 2.16. The van der Waals surface area contributed by atoms with Crippen molar-refractivity contribution < 1.29 is 4.79 Å². The molecule has 2 aromatic rings. The fourth-order valence-corrected chi connectivity index (χ4v) is 3.02. The minimum atomic E-state index is -0.119. The maximum atomic E-state index is 12.5. The normalized spacial score (nSPS) is 13.4. The number of hydrogen-bond acceptors (Lipinski definition) is 2. The highest BCUT2D eigenvalue weighted by Crippen LogP contribution is 2.16.